The van der Waals surface area contributed by atoms with Crippen LogP contribution in [0.1, 0.15) is 12.6 Å². The molecule has 0 aliphatic carbocycles. The number of H-pyrrole nitrogens is 1. The van der Waals surface area contributed by atoms with Crippen molar-refractivity contribution in [3.8, 4) is 0 Å². The first kappa shape index (κ1) is 13.7. The van der Waals surface area contributed by atoms with Crippen LogP contribution in [0.4, 0.5) is 5.00 Å². The topological polar surface area (TPSA) is 106 Å². The Morgan fingerprint density at radius 1 is 1.47 bits per heavy atom. The Hall–Kier alpha value is -1.68. The highest BCUT2D eigenvalue weighted by atomic mass is 32.2. The van der Waals surface area contributed by atoms with Crippen LogP contribution in [0, 0.1) is 0 Å². The maximum Gasteiger partial charge on any atom is 0.339 e. The Morgan fingerprint density at radius 2 is 2.26 bits per heavy atom. The minimum Gasteiger partial charge on any atom is -0.374 e. The van der Waals surface area contributed by atoms with E-state index in [4.69, 9.17) is 0 Å². The van der Waals surface area contributed by atoms with Crippen LogP contribution < -0.4 is 16.4 Å². The van der Waals surface area contributed by atoms with Crippen molar-refractivity contribution in [3.63, 3.8) is 0 Å². The van der Waals surface area contributed by atoms with Crippen molar-refractivity contribution in [2.24, 2.45) is 7.05 Å². The highest BCUT2D eigenvalue weighted by Gasteiger charge is 2.10. The lowest BCUT2D eigenvalue weighted by molar-refractivity contribution is 0.596. The zero-order chi connectivity index (χ0) is 13.8. The molecule has 2 heterocycles. The lowest BCUT2D eigenvalue weighted by Crippen LogP contribution is -2.33. The van der Waals surface area contributed by atoms with Gasteiger partial charge in [-0.2, -0.15) is 4.98 Å². The number of aromatic amines is 1. The van der Waals surface area contributed by atoms with Gasteiger partial charge in [-0.1, -0.05) is 16.3 Å². The summed E-state index contributed by atoms with van der Waals surface area (Å²) >= 11 is 2.60. The fourth-order valence-corrected chi connectivity index (χ4v) is 2.91. The quantitative estimate of drug-likeness (QED) is 0.593. The molecule has 0 spiro atoms. The SMILES string of the molecule is CCNc1snnc1CSc1nc(=O)c(=O)[nH]n1C. The molecule has 0 saturated carbocycles. The van der Waals surface area contributed by atoms with Gasteiger partial charge in [-0.05, 0) is 6.92 Å². The first-order valence-corrected chi connectivity index (χ1v) is 7.23. The Morgan fingerprint density at radius 3 is 3.00 bits per heavy atom. The summed E-state index contributed by atoms with van der Waals surface area (Å²) in [7, 11) is 1.63. The summed E-state index contributed by atoms with van der Waals surface area (Å²) in [6, 6.07) is 0. The fourth-order valence-electron chi connectivity index (χ4n) is 1.32. The summed E-state index contributed by atoms with van der Waals surface area (Å²) in [6.07, 6.45) is 0. The van der Waals surface area contributed by atoms with Gasteiger partial charge in [0.25, 0.3) is 0 Å². The maximum atomic E-state index is 11.2. The Balaban J connectivity index is 2.14. The molecule has 10 heteroatoms. The smallest absolute Gasteiger partial charge is 0.339 e. The molecule has 0 bridgehead atoms. The van der Waals surface area contributed by atoms with Crippen LogP contribution in [0.2, 0.25) is 0 Å². The molecule has 8 nitrogen and oxygen atoms in total. The Kier molecular flexibility index (Phi) is 4.32. The van der Waals surface area contributed by atoms with Crippen LogP contribution >= 0.6 is 23.3 Å². The Labute approximate surface area is 116 Å². The van der Waals surface area contributed by atoms with E-state index >= 15 is 0 Å². The van der Waals surface area contributed by atoms with E-state index in [2.05, 4.69) is 25.0 Å². The van der Waals surface area contributed by atoms with Crippen molar-refractivity contribution in [1.29, 1.82) is 0 Å². The first-order chi connectivity index (χ1) is 9.11. The van der Waals surface area contributed by atoms with Crippen LogP contribution in [0.25, 0.3) is 0 Å². The fraction of sp³-hybridized carbons (Fsp3) is 0.444. The van der Waals surface area contributed by atoms with E-state index in [0.29, 0.717) is 10.9 Å². The van der Waals surface area contributed by atoms with Crippen LogP contribution in [0.3, 0.4) is 0 Å². The third kappa shape index (κ3) is 3.20. The number of aromatic nitrogens is 5. The van der Waals surface area contributed by atoms with Crippen LogP contribution in [-0.2, 0) is 12.8 Å². The summed E-state index contributed by atoms with van der Waals surface area (Å²) in [6.45, 7) is 2.78. The van der Waals surface area contributed by atoms with Crippen molar-refractivity contribution in [1.82, 2.24) is 24.4 Å². The van der Waals surface area contributed by atoms with Crippen LogP contribution in [0.15, 0.2) is 14.7 Å². The van der Waals surface area contributed by atoms with Crippen molar-refractivity contribution in [2.75, 3.05) is 11.9 Å². The van der Waals surface area contributed by atoms with Crippen molar-refractivity contribution in [2.45, 2.75) is 17.8 Å². The van der Waals surface area contributed by atoms with Crippen molar-refractivity contribution in [3.05, 3.63) is 26.4 Å². The van der Waals surface area contributed by atoms with Gasteiger partial charge in [0.05, 0.1) is 0 Å². The molecule has 0 aliphatic rings. The average Bonchev–Trinajstić information content (AvgIpc) is 2.80. The molecule has 0 unspecified atom stereocenters. The second-order valence-corrected chi connectivity index (χ2v) is 5.26. The van der Waals surface area contributed by atoms with Gasteiger partial charge in [0.15, 0.2) is 5.16 Å². The average molecular weight is 300 g/mol. The van der Waals surface area contributed by atoms with Crippen molar-refractivity contribution >= 4 is 28.3 Å². The van der Waals surface area contributed by atoms with Crippen LogP contribution in [0.5, 0.6) is 0 Å². The van der Waals surface area contributed by atoms with E-state index in [1.165, 1.54) is 28.0 Å². The van der Waals surface area contributed by atoms with E-state index in [-0.39, 0.29) is 0 Å². The number of aryl methyl sites for hydroxylation is 1. The second kappa shape index (κ2) is 5.97. The van der Waals surface area contributed by atoms with Gasteiger partial charge in [0, 0.05) is 30.9 Å². The van der Waals surface area contributed by atoms with E-state index in [1.807, 2.05) is 6.92 Å². The first-order valence-electron chi connectivity index (χ1n) is 5.47. The molecule has 0 atom stereocenters. The van der Waals surface area contributed by atoms with Crippen molar-refractivity contribution < 1.29 is 0 Å². The predicted molar refractivity (Wildman–Crippen MR) is 73.7 cm³/mol. The summed E-state index contributed by atoms with van der Waals surface area (Å²) in [5, 5.41) is 10.9. The van der Waals surface area contributed by atoms with Gasteiger partial charge in [-0.25, -0.2) is 0 Å². The lowest BCUT2D eigenvalue weighted by atomic mass is 10.5. The number of rotatable bonds is 5. The molecule has 2 N–H and O–H groups in total. The number of anilines is 1. The molecule has 102 valence electrons. The molecule has 0 radical (unpaired) electrons. The molecule has 0 fully saturated rings. The zero-order valence-electron chi connectivity index (χ0n) is 10.3. The summed E-state index contributed by atoms with van der Waals surface area (Å²) in [5.74, 6) is 0.519. The molecule has 0 aromatic carbocycles. The molecule has 0 saturated heterocycles. The molecular formula is C9H12N6O2S2. The third-order valence-corrected chi connectivity index (χ3v) is 3.95. The molecule has 2 rings (SSSR count). The summed E-state index contributed by atoms with van der Waals surface area (Å²) < 4.78 is 5.29. The van der Waals surface area contributed by atoms with E-state index in [0.717, 1.165) is 17.2 Å². The lowest BCUT2D eigenvalue weighted by Gasteiger charge is -2.05. The second-order valence-electron chi connectivity index (χ2n) is 3.57. The van der Waals surface area contributed by atoms with Gasteiger partial charge < -0.3 is 5.32 Å². The largest absolute Gasteiger partial charge is 0.374 e. The number of hydrogen-bond donors (Lipinski definition) is 2. The van der Waals surface area contributed by atoms with Gasteiger partial charge in [0.1, 0.15) is 10.7 Å². The zero-order valence-corrected chi connectivity index (χ0v) is 12.0. The normalized spacial score (nSPS) is 10.6. The summed E-state index contributed by atoms with van der Waals surface area (Å²) in [5.41, 5.74) is -0.711. The molecule has 2 aromatic rings. The predicted octanol–water partition coefficient (Wildman–Crippen LogP) is 0.0442. The number of thioether (sulfide) groups is 1. The van der Waals surface area contributed by atoms with Gasteiger partial charge in [-0.3, -0.25) is 19.4 Å². The number of nitrogens with zero attached hydrogens (tertiary/aromatic N) is 4. The van der Waals surface area contributed by atoms with E-state index in [1.54, 1.807) is 7.05 Å². The molecule has 19 heavy (non-hydrogen) atoms. The monoisotopic (exact) mass is 300 g/mol. The minimum absolute atomic E-state index is 0.431. The molecule has 2 aromatic heterocycles. The van der Waals surface area contributed by atoms with E-state index in [9.17, 15) is 9.59 Å². The van der Waals surface area contributed by atoms with Gasteiger partial charge in [0.2, 0.25) is 0 Å². The Bertz CT molecular complexity index is 676. The number of nitrogens with one attached hydrogen (secondary N) is 2. The number of hydrogen-bond acceptors (Lipinski definition) is 8. The minimum atomic E-state index is -0.788. The maximum absolute atomic E-state index is 11.2. The highest BCUT2D eigenvalue weighted by Crippen LogP contribution is 2.24. The van der Waals surface area contributed by atoms with Crippen LogP contribution in [-0.4, -0.2) is 30.9 Å². The molecule has 0 aliphatic heterocycles. The van der Waals surface area contributed by atoms with E-state index < -0.39 is 11.1 Å². The van der Waals surface area contributed by atoms with Gasteiger partial charge >= 0.3 is 11.1 Å². The molecular weight excluding hydrogens is 288 g/mol. The summed E-state index contributed by atoms with van der Waals surface area (Å²) in [4.78, 5) is 26.0. The van der Waals surface area contributed by atoms with Gasteiger partial charge in [-0.15, -0.1) is 5.10 Å². The third-order valence-electron chi connectivity index (χ3n) is 2.18. The highest BCUT2D eigenvalue weighted by molar-refractivity contribution is 7.98. The standard InChI is InChI=1S/C9H12N6O2S2/c1-3-10-8-5(12-14-19-8)4-18-9-11-6(16)7(17)13-15(9)2/h10H,3-4H2,1-2H3,(H,13,17). The molecule has 0 amide bonds.